The van der Waals surface area contributed by atoms with Gasteiger partial charge in [0, 0.05) is 14.4 Å². The standard InChI is InChI=1S/C16H11BrClFN4S/c17-9-1-6-13(12(19)7-9)23-15-14(20)16(22-8-21-15)24-11-4-2-10(18)3-5-11/h1-8H,20H2,(H,21,22,23). The van der Waals surface area contributed by atoms with Crippen LogP contribution in [0, 0.1) is 5.82 Å². The van der Waals surface area contributed by atoms with Crippen LogP contribution in [0.5, 0.6) is 0 Å². The fraction of sp³-hybridized carbons (Fsp3) is 0. The largest absolute Gasteiger partial charge is 0.394 e. The van der Waals surface area contributed by atoms with Crippen LogP contribution in [0.25, 0.3) is 0 Å². The van der Waals surface area contributed by atoms with Crippen LogP contribution in [-0.4, -0.2) is 9.97 Å². The van der Waals surface area contributed by atoms with Crippen molar-refractivity contribution in [2.45, 2.75) is 9.92 Å². The van der Waals surface area contributed by atoms with Gasteiger partial charge in [-0.3, -0.25) is 0 Å². The number of benzene rings is 2. The van der Waals surface area contributed by atoms with E-state index in [1.807, 2.05) is 12.1 Å². The number of hydrogen-bond acceptors (Lipinski definition) is 5. The van der Waals surface area contributed by atoms with Gasteiger partial charge in [0.2, 0.25) is 0 Å². The van der Waals surface area contributed by atoms with Crippen molar-refractivity contribution in [3.63, 3.8) is 0 Å². The Balaban J connectivity index is 1.86. The molecule has 0 saturated heterocycles. The number of aromatic nitrogens is 2. The van der Waals surface area contributed by atoms with Gasteiger partial charge in [-0.2, -0.15) is 0 Å². The number of anilines is 3. The number of nitrogens with one attached hydrogen (secondary N) is 1. The summed E-state index contributed by atoms with van der Waals surface area (Å²) in [6, 6.07) is 12.0. The van der Waals surface area contributed by atoms with Gasteiger partial charge >= 0.3 is 0 Å². The highest BCUT2D eigenvalue weighted by Crippen LogP contribution is 2.34. The van der Waals surface area contributed by atoms with Crippen LogP contribution < -0.4 is 11.1 Å². The molecule has 0 bridgehead atoms. The highest BCUT2D eigenvalue weighted by Gasteiger charge is 2.12. The number of rotatable bonds is 4. The summed E-state index contributed by atoms with van der Waals surface area (Å²) in [6.45, 7) is 0. The second-order valence-corrected chi connectivity index (χ2v) is 7.16. The maximum Gasteiger partial charge on any atom is 0.158 e. The summed E-state index contributed by atoms with van der Waals surface area (Å²) in [5, 5.41) is 4.13. The Labute approximate surface area is 155 Å². The lowest BCUT2D eigenvalue weighted by atomic mass is 10.3. The number of nitrogen functional groups attached to an aromatic ring is 1. The van der Waals surface area contributed by atoms with E-state index in [9.17, 15) is 4.39 Å². The van der Waals surface area contributed by atoms with E-state index < -0.39 is 5.82 Å². The number of halogens is 3. The van der Waals surface area contributed by atoms with Crippen molar-refractivity contribution in [3.05, 3.63) is 64.1 Å². The van der Waals surface area contributed by atoms with Gasteiger partial charge in [-0.1, -0.05) is 39.3 Å². The molecule has 1 heterocycles. The molecular weight excluding hydrogens is 415 g/mol. The average molecular weight is 426 g/mol. The Kier molecular flexibility index (Phi) is 5.23. The minimum absolute atomic E-state index is 0.283. The normalized spacial score (nSPS) is 10.6. The first-order valence-corrected chi connectivity index (χ1v) is 8.77. The number of nitrogens with zero attached hydrogens (tertiary/aromatic N) is 2. The highest BCUT2D eigenvalue weighted by molar-refractivity contribution is 9.10. The van der Waals surface area contributed by atoms with Gasteiger partial charge in [0.1, 0.15) is 22.9 Å². The lowest BCUT2D eigenvalue weighted by Crippen LogP contribution is -2.03. The Bertz CT molecular complexity index is 876. The van der Waals surface area contributed by atoms with E-state index in [0.717, 1.165) is 4.90 Å². The highest BCUT2D eigenvalue weighted by atomic mass is 79.9. The molecule has 0 fully saturated rings. The van der Waals surface area contributed by atoms with Gasteiger partial charge in [0.05, 0.1) is 5.69 Å². The summed E-state index contributed by atoms with van der Waals surface area (Å²) < 4.78 is 14.6. The molecule has 4 nitrogen and oxygen atoms in total. The van der Waals surface area contributed by atoms with E-state index in [4.69, 9.17) is 17.3 Å². The molecule has 24 heavy (non-hydrogen) atoms. The van der Waals surface area contributed by atoms with E-state index in [1.54, 1.807) is 24.3 Å². The van der Waals surface area contributed by atoms with Gasteiger partial charge in [-0.25, -0.2) is 14.4 Å². The van der Waals surface area contributed by atoms with Crippen LogP contribution >= 0.6 is 39.3 Å². The SMILES string of the molecule is Nc1c(Nc2ccc(Br)cc2F)ncnc1Sc1ccc(Cl)cc1. The summed E-state index contributed by atoms with van der Waals surface area (Å²) in [7, 11) is 0. The molecular formula is C16H11BrClFN4S. The first-order chi connectivity index (χ1) is 11.5. The molecule has 0 aliphatic rings. The van der Waals surface area contributed by atoms with Gasteiger partial charge < -0.3 is 11.1 Å². The van der Waals surface area contributed by atoms with Crippen LogP contribution in [0.3, 0.4) is 0 Å². The molecule has 3 rings (SSSR count). The zero-order valence-corrected chi connectivity index (χ0v) is 15.3. The average Bonchev–Trinajstić information content (AvgIpc) is 2.55. The third-order valence-electron chi connectivity index (χ3n) is 3.06. The van der Waals surface area contributed by atoms with E-state index in [2.05, 4.69) is 31.2 Å². The van der Waals surface area contributed by atoms with Crippen LogP contribution in [0.4, 0.5) is 21.6 Å². The summed E-state index contributed by atoms with van der Waals surface area (Å²) in [5.74, 6) is -0.0584. The molecule has 2 aromatic carbocycles. The Morgan fingerprint density at radius 1 is 1.12 bits per heavy atom. The second-order valence-electron chi connectivity index (χ2n) is 4.75. The maximum absolute atomic E-state index is 14.0. The van der Waals surface area contributed by atoms with Crippen molar-refractivity contribution in [1.82, 2.24) is 9.97 Å². The Hall–Kier alpha value is -1.83. The molecule has 0 aliphatic heterocycles. The zero-order chi connectivity index (χ0) is 17.1. The fourth-order valence-corrected chi connectivity index (χ4v) is 3.15. The van der Waals surface area contributed by atoms with Gasteiger partial charge in [0.15, 0.2) is 5.82 Å². The minimum atomic E-state index is -0.408. The summed E-state index contributed by atoms with van der Waals surface area (Å²) in [6.07, 6.45) is 1.38. The minimum Gasteiger partial charge on any atom is -0.394 e. The Morgan fingerprint density at radius 3 is 2.58 bits per heavy atom. The van der Waals surface area contributed by atoms with Crippen LogP contribution in [0.1, 0.15) is 0 Å². The predicted molar refractivity (Wildman–Crippen MR) is 99.4 cm³/mol. The third-order valence-corrected chi connectivity index (χ3v) is 4.83. The zero-order valence-electron chi connectivity index (χ0n) is 12.1. The Morgan fingerprint density at radius 2 is 1.88 bits per heavy atom. The summed E-state index contributed by atoms with van der Waals surface area (Å²) in [5.41, 5.74) is 6.75. The van der Waals surface area contributed by atoms with Gasteiger partial charge in [0.25, 0.3) is 0 Å². The first-order valence-electron chi connectivity index (χ1n) is 6.79. The van der Waals surface area contributed by atoms with E-state index in [-0.39, 0.29) is 5.69 Å². The molecule has 0 radical (unpaired) electrons. The van der Waals surface area contributed by atoms with Crippen molar-refractivity contribution in [1.29, 1.82) is 0 Å². The van der Waals surface area contributed by atoms with Gasteiger partial charge in [-0.05, 0) is 42.5 Å². The van der Waals surface area contributed by atoms with Crippen molar-refractivity contribution in [3.8, 4) is 0 Å². The smallest absolute Gasteiger partial charge is 0.158 e. The van der Waals surface area contributed by atoms with Crippen LogP contribution in [0.15, 0.2) is 63.2 Å². The first kappa shape index (κ1) is 17.0. The van der Waals surface area contributed by atoms with Crippen molar-refractivity contribution < 1.29 is 4.39 Å². The van der Waals surface area contributed by atoms with Crippen LogP contribution in [-0.2, 0) is 0 Å². The molecule has 122 valence electrons. The molecule has 0 amide bonds. The van der Waals surface area contributed by atoms with E-state index in [1.165, 1.54) is 24.2 Å². The second kappa shape index (κ2) is 7.38. The molecule has 0 aliphatic carbocycles. The van der Waals surface area contributed by atoms with E-state index >= 15 is 0 Å². The molecule has 0 spiro atoms. The summed E-state index contributed by atoms with van der Waals surface area (Å²) in [4.78, 5) is 9.22. The van der Waals surface area contributed by atoms with Crippen molar-refractivity contribution in [2.24, 2.45) is 0 Å². The molecule has 8 heteroatoms. The van der Waals surface area contributed by atoms with Crippen LogP contribution in [0.2, 0.25) is 5.02 Å². The summed E-state index contributed by atoms with van der Waals surface area (Å²) >= 11 is 10.5. The third kappa shape index (κ3) is 3.98. The fourth-order valence-electron chi connectivity index (χ4n) is 1.89. The maximum atomic E-state index is 14.0. The molecule has 1 aromatic heterocycles. The molecule has 0 atom stereocenters. The number of nitrogens with two attached hydrogens (primary N) is 1. The van der Waals surface area contributed by atoms with Crippen molar-refractivity contribution >= 4 is 56.5 Å². The number of hydrogen-bond donors (Lipinski definition) is 2. The lowest BCUT2D eigenvalue weighted by Gasteiger charge is -2.11. The topological polar surface area (TPSA) is 63.8 Å². The quantitative estimate of drug-likeness (QED) is 0.540. The lowest BCUT2D eigenvalue weighted by molar-refractivity contribution is 0.631. The van der Waals surface area contributed by atoms with Gasteiger partial charge in [-0.15, -0.1) is 0 Å². The predicted octanol–water partition coefficient (Wildman–Crippen LogP) is 5.51. The van der Waals surface area contributed by atoms with Crippen molar-refractivity contribution in [2.75, 3.05) is 11.1 Å². The molecule has 3 N–H and O–H groups in total. The van der Waals surface area contributed by atoms with E-state index in [0.29, 0.717) is 26.0 Å². The molecule has 0 saturated carbocycles. The monoisotopic (exact) mass is 424 g/mol. The molecule has 3 aromatic rings. The molecule has 0 unspecified atom stereocenters.